The molecule has 5 nitrogen and oxygen atoms in total. The monoisotopic (exact) mass is 273 g/mol. The van der Waals surface area contributed by atoms with Gasteiger partial charge in [0.15, 0.2) is 0 Å². The predicted octanol–water partition coefficient (Wildman–Crippen LogP) is 2.51. The summed E-state index contributed by atoms with van der Waals surface area (Å²) in [6, 6.07) is 7.78. The van der Waals surface area contributed by atoms with Gasteiger partial charge in [-0.05, 0) is 28.7 Å². The maximum absolute atomic E-state index is 11.0. The Morgan fingerprint density at radius 2 is 2.05 bits per heavy atom. The maximum Gasteiger partial charge on any atom is 0.405 e. The minimum Gasteiger partial charge on any atom is -0.465 e. The van der Waals surface area contributed by atoms with Crippen molar-refractivity contribution in [3.63, 3.8) is 0 Å². The SMILES string of the molecule is CC(C)(C)C(NC(=O)O)N1Cc2ccc(C#N)cc2C1. The van der Waals surface area contributed by atoms with Crippen LogP contribution in [0.3, 0.4) is 0 Å². The van der Waals surface area contributed by atoms with Crippen LogP contribution in [0.15, 0.2) is 18.2 Å². The average Bonchev–Trinajstić information content (AvgIpc) is 2.76. The fourth-order valence-corrected chi connectivity index (χ4v) is 2.65. The van der Waals surface area contributed by atoms with Crippen LogP contribution in [-0.4, -0.2) is 22.3 Å². The Labute approximate surface area is 118 Å². The van der Waals surface area contributed by atoms with Gasteiger partial charge in [0.05, 0.1) is 17.8 Å². The molecule has 1 aliphatic rings. The number of fused-ring (bicyclic) bond motifs is 1. The van der Waals surface area contributed by atoms with Gasteiger partial charge in [0.2, 0.25) is 0 Å². The largest absolute Gasteiger partial charge is 0.465 e. The minimum atomic E-state index is -1.02. The zero-order valence-electron chi connectivity index (χ0n) is 12.0. The molecule has 5 heteroatoms. The summed E-state index contributed by atoms with van der Waals surface area (Å²) in [5.74, 6) is 0. The molecule has 2 rings (SSSR count). The Morgan fingerprint density at radius 3 is 2.60 bits per heavy atom. The van der Waals surface area contributed by atoms with E-state index in [9.17, 15) is 4.79 Å². The van der Waals surface area contributed by atoms with Crippen molar-refractivity contribution in [3.8, 4) is 6.07 Å². The molecule has 0 saturated carbocycles. The molecule has 1 aromatic carbocycles. The van der Waals surface area contributed by atoms with Crippen molar-refractivity contribution in [2.24, 2.45) is 5.41 Å². The summed E-state index contributed by atoms with van der Waals surface area (Å²) < 4.78 is 0. The molecule has 1 heterocycles. The van der Waals surface area contributed by atoms with Crippen molar-refractivity contribution in [2.75, 3.05) is 0 Å². The summed E-state index contributed by atoms with van der Waals surface area (Å²) in [6.07, 6.45) is -1.28. The molecule has 20 heavy (non-hydrogen) atoms. The highest BCUT2D eigenvalue weighted by molar-refractivity contribution is 5.65. The van der Waals surface area contributed by atoms with Crippen LogP contribution in [0.2, 0.25) is 0 Å². The number of benzene rings is 1. The number of hydrogen-bond acceptors (Lipinski definition) is 3. The van der Waals surface area contributed by atoms with Crippen molar-refractivity contribution in [2.45, 2.75) is 40.0 Å². The number of nitrogens with one attached hydrogen (secondary N) is 1. The molecule has 1 atom stereocenters. The third-order valence-electron chi connectivity index (χ3n) is 3.53. The molecular weight excluding hydrogens is 254 g/mol. The van der Waals surface area contributed by atoms with Gasteiger partial charge < -0.3 is 10.4 Å². The lowest BCUT2D eigenvalue weighted by atomic mass is 9.91. The van der Waals surface area contributed by atoms with Crippen molar-refractivity contribution >= 4 is 6.09 Å². The maximum atomic E-state index is 11.0. The summed E-state index contributed by atoms with van der Waals surface area (Å²) in [5.41, 5.74) is 2.69. The number of nitrogens with zero attached hydrogens (tertiary/aromatic N) is 2. The third kappa shape index (κ3) is 2.91. The van der Waals surface area contributed by atoms with Crippen LogP contribution in [0.25, 0.3) is 0 Å². The normalized spacial score (nSPS) is 16.3. The molecule has 0 fully saturated rings. The topological polar surface area (TPSA) is 76.4 Å². The first-order valence-corrected chi connectivity index (χ1v) is 6.56. The molecule has 106 valence electrons. The standard InChI is InChI=1S/C15H19N3O2/c1-15(2,3)13(17-14(19)20)18-8-11-5-4-10(7-16)6-12(11)9-18/h4-6,13,17H,8-9H2,1-3H3,(H,19,20). The van der Waals surface area contributed by atoms with E-state index in [1.54, 1.807) is 6.07 Å². The first-order chi connectivity index (χ1) is 9.31. The summed E-state index contributed by atoms with van der Waals surface area (Å²) in [4.78, 5) is 13.1. The fourth-order valence-electron chi connectivity index (χ4n) is 2.65. The number of nitriles is 1. The molecule has 0 spiro atoms. The van der Waals surface area contributed by atoms with Gasteiger partial charge in [-0.3, -0.25) is 4.90 Å². The van der Waals surface area contributed by atoms with Crippen molar-refractivity contribution in [3.05, 3.63) is 34.9 Å². The number of carboxylic acid groups (broad SMARTS) is 1. The second-order valence-corrected chi connectivity index (χ2v) is 6.22. The van der Waals surface area contributed by atoms with E-state index in [0.29, 0.717) is 18.7 Å². The highest BCUT2D eigenvalue weighted by Gasteiger charge is 2.35. The van der Waals surface area contributed by atoms with Gasteiger partial charge in [-0.1, -0.05) is 26.8 Å². The van der Waals surface area contributed by atoms with E-state index in [1.165, 1.54) is 0 Å². The van der Waals surface area contributed by atoms with Crippen LogP contribution in [0.4, 0.5) is 4.79 Å². The summed E-state index contributed by atoms with van der Waals surface area (Å²) in [5, 5.41) is 20.6. The van der Waals surface area contributed by atoms with Gasteiger partial charge in [-0.25, -0.2) is 4.79 Å². The van der Waals surface area contributed by atoms with E-state index in [-0.39, 0.29) is 11.6 Å². The Bertz CT molecular complexity index is 569. The summed E-state index contributed by atoms with van der Waals surface area (Å²) >= 11 is 0. The van der Waals surface area contributed by atoms with E-state index in [2.05, 4.69) is 16.3 Å². The number of carbonyl (C=O) groups is 1. The third-order valence-corrected chi connectivity index (χ3v) is 3.53. The average molecular weight is 273 g/mol. The molecular formula is C15H19N3O2. The molecule has 0 saturated heterocycles. The smallest absolute Gasteiger partial charge is 0.405 e. The first-order valence-electron chi connectivity index (χ1n) is 6.56. The highest BCUT2D eigenvalue weighted by atomic mass is 16.4. The molecule has 0 radical (unpaired) electrons. The van der Waals surface area contributed by atoms with Gasteiger partial charge in [0.1, 0.15) is 0 Å². The number of hydrogen-bond donors (Lipinski definition) is 2. The molecule has 1 amide bonds. The zero-order chi connectivity index (χ0) is 14.9. The predicted molar refractivity (Wildman–Crippen MR) is 74.8 cm³/mol. The Hall–Kier alpha value is -2.06. The molecule has 2 N–H and O–H groups in total. The van der Waals surface area contributed by atoms with E-state index in [0.717, 1.165) is 11.1 Å². The van der Waals surface area contributed by atoms with Crippen LogP contribution in [0.1, 0.15) is 37.5 Å². The van der Waals surface area contributed by atoms with E-state index in [1.807, 2.05) is 32.9 Å². The van der Waals surface area contributed by atoms with Crippen LogP contribution < -0.4 is 5.32 Å². The van der Waals surface area contributed by atoms with Gasteiger partial charge in [0, 0.05) is 13.1 Å². The van der Waals surface area contributed by atoms with Crippen LogP contribution in [0, 0.1) is 16.7 Å². The summed E-state index contributed by atoms with van der Waals surface area (Å²) in [7, 11) is 0. The van der Waals surface area contributed by atoms with E-state index < -0.39 is 6.09 Å². The van der Waals surface area contributed by atoms with Crippen molar-refractivity contribution in [1.29, 1.82) is 5.26 Å². The second-order valence-electron chi connectivity index (χ2n) is 6.22. The lowest BCUT2D eigenvalue weighted by Crippen LogP contribution is -2.53. The highest BCUT2D eigenvalue weighted by Crippen LogP contribution is 2.31. The molecule has 1 aliphatic heterocycles. The molecule has 0 aliphatic carbocycles. The molecule has 0 aromatic heterocycles. The number of rotatable bonds is 2. The first kappa shape index (κ1) is 14.4. The Kier molecular flexibility index (Phi) is 3.69. The molecule has 1 unspecified atom stereocenters. The lowest BCUT2D eigenvalue weighted by molar-refractivity contribution is 0.0667. The van der Waals surface area contributed by atoms with Gasteiger partial charge in [-0.15, -0.1) is 0 Å². The fraction of sp³-hybridized carbons (Fsp3) is 0.467. The van der Waals surface area contributed by atoms with E-state index >= 15 is 0 Å². The van der Waals surface area contributed by atoms with Crippen molar-refractivity contribution in [1.82, 2.24) is 10.2 Å². The van der Waals surface area contributed by atoms with Crippen LogP contribution in [-0.2, 0) is 13.1 Å². The van der Waals surface area contributed by atoms with Gasteiger partial charge >= 0.3 is 6.09 Å². The zero-order valence-corrected chi connectivity index (χ0v) is 12.0. The molecule has 1 aromatic rings. The van der Waals surface area contributed by atoms with E-state index in [4.69, 9.17) is 10.4 Å². The van der Waals surface area contributed by atoms with Gasteiger partial charge in [0.25, 0.3) is 0 Å². The Balaban J connectivity index is 2.23. The van der Waals surface area contributed by atoms with Crippen LogP contribution in [0.5, 0.6) is 0 Å². The quantitative estimate of drug-likeness (QED) is 0.868. The molecule has 0 bridgehead atoms. The second kappa shape index (κ2) is 5.14. The number of amides is 1. The van der Waals surface area contributed by atoms with Gasteiger partial charge in [-0.2, -0.15) is 5.26 Å². The minimum absolute atomic E-state index is 0.210. The Morgan fingerprint density at radius 1 is 1.40 bits per heavy atom. The van der Waals surface area contributed by atoms with Crippen molar-refractivity contribution < 1.29 is 9.90 Å². The summed E-state index contributed by atoms with van der Waals surface area (Å²) in [6.45, 7) is 7.39. The van der Waals surface area contributed by atoms with Crippen LogP contribution >= 0.6 is 0 Å². The lowest BCUT2D eigenvalue weighted by Gasteiger charge is -2.37.